The number of carbonyl (C=O) groups excluding carboxylic acids is 1. The van der Waals surface area contributed by atoms with Crippen molar-refractivity contribution in [2.45, 2.75) is 65.1 Å². The Morgan fingerprint density at radius 3 is 2.56 bits per heavy atom. The van der Waals surface area contributed by atoms with E-state index in [-0.39, 0.29) is 17.4 Å². The number of benzene rings is 1. The van der Waals surface area contributed by atoms with Gasteiger partial charge in [0.15, 0.2) is 5.82 Å². The van der Waals surface area contributed by atoms with E-state index in [2.05, 4.69) is 54.9 Å². The monoisotopic (exact) mass is 370 g/mol. The average Bonchev–Trinajstić information content (AvgIpc) is 3.06. The van der Waals surface area contributed by atoms with Gasteiger partial charge in [0.2, 0.25) is 11.8 Å². The van der Waals surface area contributed by atoms with Crippen LogP contribution in [0.1, 0.15) is 57.8 Å². The fourth-order valence-corrected chi connectivity index (χ4v) is 3.40. The molecule has 6 nitrogen and oxygen atoms in total. The van der Waals surface area contributed by atoms with Gasteiger partial charge in [-0.1, -0.05) is 63.2 Å². The third-order valence-corrected chi connectivity index (χ3v) is 5.01. The predicted octanol–water partition coefficient (Wildman–Crippen LogP) is 3.38. The van der Waals surface area contributed by atoms with E-state index >= 15 is 0 Å². The van der Waals surface area contributed by atoms with Gasteiger partial charge in [0, 0.05) is 37.5 Å². The van der Waals surface area contributed by atoms with Crippen molar-refractivity contribution in [2.75, 3.05) is 13.1 Å². The van der Waals surface area contributed by atoms with E-state index in [4.69, 9.17) is 4.52 Å². The molecule has 0 radical (unpaired) electrons. The topological polar surface area (TPSA) is 62.5 Å². The van der Waals surface area contributed by atoms with E-state index in [9.17, 15) is 4.79 Å². The molecule has 0 spiro atoms. The van der Waals surface area contributed by atoms with Gasteiger partial charge >= 0.3 is 0 Å². The normalized spacial score (nSPS) is 19.3. The molecular weight excluding hydrogens is 340 g/mol. The van der Waals surface area contributed by atoms with Crippen LogP contribution < -0.4 is 0 Å². The van der Waals surface area contributed by atoms with Gasteiger partial charge in [-0.05, 0) is 12.0 Å². The van der Waals surface area contributed by atoms with E-state index in [1.807, 2.05) is 23.1 Å². The number of nitrogens with zero attached hydrogens (tertiary/aromatic N) is 4. The average molecular weight is 370 g/mol. The Labute approximate surface area is 161 Å². The van der Waals surface area contributed by atoms with E-state index in [1.54, 1.807) is 0 Å². The first kappa shape index (κ1) is 19.5. The molecule has 27 heavy (non-hydrogen) atoms. The van der Waals surface area contributed by atoms with Crippen molar-refractivity contribution in [3.63, 3.8) is 0 Å². The molecule has 1 aromatic heterocycles. The Hall–Kier alpha value is -2.21. The summed E-state index contributed by atoms with van der Waals surface area (Å²) in [7, 11) is 0. The molecule has 1 aromatic carbocycles. The summed E-state index contributed by atoms with van der Waals surface area (Å²) in [5.74, 6) is 1.57. The Kier molecular flexibility index (Phi) is 5.95. The van der Waals surface area contributed by atoms with Crippen molar-refractivity contribution < 1.29 is 9.32 Å². The van der Waals surface area contributed by atoms with Crippen molar-refractivity contribution in [3.8, 4) is 0 Å². The van der Waals surface area contributed by atoms with Gasteiger partial charge in [-0.15, -0.1) is 0 Å². The van der Waals surface area contributed by atoms with Crippen LogP contribution in [0.3, 0.4) is 0 Å². The third-order valence-electron chi connectivity index (χ3n) is 5.01. The van der Waals surface area contributed by atoms with Crippen molar-refractivity contribution in [1.29, 1.82) is 0 Å². The summed E-state index contributed by atoms with van der Waals surface area (Å²) < 4.78 is 5.41. The molecule has 0 N–H and O–H groups in total. The molecule has 1 fully saturated rings. The molecule has 1 amide bonds. The molecular formula is C21H30N4O2. The van der Waals surface area contributed by atoms with Gasteiger partial charge in [-0.25, -0.2) is 0 Å². The van der Waals surface area contributed by atoms with Gasteiger partial charge < -0.3 is 9.42 Å². The lowest BCUT2D eigenvalue weighted by molar-refractivity contribution is -0.133. The maximum atomic E-state index is 12.8. The Morgan fingerprint density at radius 2 is 1.93 bits per heavy atom. The van der Waals surface area contributed by atoms with E-state index in [0.29, 0.717) is 31.2 Å². The van der Waals surface area contributed by atoms with E-state index < -0.39 is 0 Å². The SMILES string of the molecule is CC[C@@H]1CN(Cc2noc(C(C)(C)C)n2)CCC(=O)N1Cc1ccccc1. The smallest absolute Gasteiger partial charge is 0.232 e. The van der Waals surface area contributed by atoms with Crippen LogP contribution in [0.15, 0.2) is 34.9 Å². The lowest BCUT2D eigenvalue weighted by Gasteiger charge is -2.31. The number of carbonyl (C=O) groups is 1. The van der Waals surface area contributed by atoms with Gasteiger partial charge in [-0.3, -0.25) is 9.69 Å². The second-order valence-corrected chi connectivity index (χ2v) is 8.32. The molecule has 0 bridgehead atoms. The summed E-state index contributed by atoms with van der Waals surface area (Å²) in [6.07, 6.45) is 1.45. The van der Waals surface area contributed by atoms with Gasteiger partial charge in [0.25, 0.3) is 0 Å². The molecule has 0 saturated carbocycles. The highest BCUT2D eigenvalue weighted by Crippen LogP contribution is 2.22. The second-order valence-electron chi connectivity index (χ2n) is 8.32. The maximum absolute atomic E-state index is 12.8. The highest BCUT2D eigenvalue weighted by atomic mass is 16.5. The van der Waals surface area contributed by atoms with Crippen LogP contribution in [0.25, 0.3) is 0 Å². The molecule has 1 atom stereocenters. The van der Waals surface area contributed by atoms with Crippen LogP contribution in [0, 0.1) is 0 Å². The fourth-order valence-electron chi connectivity index (χ4n) is 3.40. The minimum atomic E-state index is -0.154. The maximum Gasteiger partial charge on any atom is 0.232 e. The van der Waals surface area contributed by atoms with Crippen LogP contribution in [-0.2, 0) is 23.3 Å². The quantitative estimate of drug-likeness (QED) is 0.807. The molecule has 6 heteroatoms. The van der Waals surface area contributed by atoms with Crippen molar-refractivity contribution in [3.05, 3.63) is 47.6 Å². The summed E-state index contributed by atoms with van der Waals surface area (Å²) in [4.78, 5) is 21.6. The van der Waals surface area contributed by atoms with E-state index in [0.717, 1.165) is 19.5 Å². The van der Waals surface area contributed by atoms with Crippen LogP contribution in [-0.4, -0.2) is 45.0 Å². The first-order valence-electron chi connectivity index (χ1n) is 9.75. The summed E-state index contributed by atoms with van der Waals surface area (Å²) in [5.41, 5.74) is 1.02. The molecule has 1 saturated heterocycles. The zero-order chi connectivity index (χ0) is 19.4. The zero-order valence-corrected chi connectivity index (χ0v) is 16.8. The largest absolute Gasteiger partial charge is 0.339 e. The molecule has 2 heterocycles. The number of hydrogen-bond acceptors (Lipinski definition) is 5. The summed E-state index contributed by atoms with van der Waals surface area (Å²) in [6, 6.07) is 10.4. The molecule has 0 aliphatic carbocycles. The number of amides is 1. The van der Waals surface area contributed by atoms with Crippen LogP contribution in [0.2, 0.25) is 0 Å². The van der Waals surface area contributed by atoms with Crippen LogP contribution in [0.5, 0.6) is 0 Å². The molecule has 1 aliphatic rings. The Bertz CT molecular complexity index is 751. The highest BCUT2D eigenvalue weighted by molar-refractivity contribution is 5.77. The number of aromatic nitrogens is 2. The van der Waals surface area contributed by atoms with Crippen molar-refractivity contribution in [2.24, 2.45) is 0 Å². The van der Waals surface area contributed by atoms with E-state index in [1.165, 1.54) is 5.56 Å². The molecule has 1 aliphatic heterocycles. The molecule has 2 aromatic rings. The predicted molar refractivity (Wildman–Crippen MR) is 104 cm³/mol. The highest BCUT2D eigenvalue weighted by Gasteiger charge is 2.30. The Balaban J connectivity index is 1.70. The van der Waals surface area contributed by atoms with Gasteiger partial charge in [-0.2, -0.15) is 4.98 Å². The second kappa shape index (κ2) is 8.21. The van der Waals surface area contributed by atoms with Gasteiger partial charge in [0.1, 0.15) is 0 Å². The summed E-state index contributed by atoms with van der Waals surface area (Å²) in [5, 5.41) is 4.14. The zero-order valence-electron chi connectivity index (χ0n) is 16.8. The van der Waals surface area contributed by atoms with Crippen molar-refractivity contribution in [1.82, 2.24) is 19.9 Å². The van der Waals surface area contributed by atoms with Crippen LogP contribution >= 0.6 is 0 Å². The number of rotatable bonds is 5. The summed E-state index contributed by atoms with van der Waals surface area (Å²) >= 11 is 0. The number of hydrogen-bond donors (Lipinski definition) is 0. The minimum absolute atomic E-state index is 0.154. The summed E-state index contributed by atoms with van der Waals surface area (Å²) in [6.45, 7) is 11.2. The van der Waals surface area contributed by atoms with Gasteiger partial charge in [0.05, 0.1) is 6.54 Å². The lowest BCUT2D eigenvalue weighted by atomic mass is 9.97. The fraction of sp³-hybridized carbons (Fsp3) is 0.571. The first-order chi connectivity index (χ1) is 12.9. The first-order valence-corrected chi connectivity index (χ1v) is 9.75. The third kappa shape index (κ3) is 4.95. The standard InChI is InChI=1S/C21H30N4O2/c1-5-17-14-24(15-18-22-20(27-23-18)21(2,3)4)12-11-19(26)25(17)13-16-9-7-6-8-10-16/h6-10,17H,5,11-15H2,1-4H3/t17-/m1/s1. The minimum Gasteiger partial charge on any atom is -0.339 e. The van der Waals surface area contributed by atoms with Crippen molar-refractivity contribution >= 4 is 5.91 Å². The molecule has 3 rings (SSSR count). The van der Waals surface area contributed by atoms with Crippen LogP contribution in [0.4, 0.5) is 0 Å². The molecule has 146 valence electrons. The Morgan fingerprint density at radius 1 is 1.19 bits per heavy atom. The lowest BCUT2D eigenvalue weighted by Crippen LogP contribution is -2.42. The molecule has 0 unspecified atom stereocenters.